The molecular formula is C15H21FN4O2S. The van der Waals surface area contributed by atoms with Gasteiger partial charge in [0.15, 0.2) is 0 Å². The van der Waals surface area contributed by atoms with Crippen LogP contribution in [0.15, 0.2) is 36.7 Å². The van der Waals surface area contributed by atoms with Gasteiger partial charge in [0.25, 0.3) is 0 Å². The zero-order chi connectivity index (χ0) is 17.0. The molecule has 0 spiro atoms. The van der Waals surface area contributed by atoms with Crippen LogP contribution in [0, 0.1) is 5.82 Å². The van der Waals surface area contributed by atoms with Gasteiger partial charge in [0.1, 0.15) is 5.82 Å². The van der Waals surface area contributed by atoms with Crippen molar-refractivity contribution in [3.63, 3.8) is 0 Å². The van der Waals surface area contributed by atoms with E-state index in [-0.39, 0.29) is 11.9 Å². The Morgan fingerprint density at radius 2 is 2.00 bits per heavy atom. The number of aromatic nitrogens is 2. The largest absolute Gasteiger partial charge is 0.301 e. The van der Waals surface area contributed by atoms with Gasteiger partial charge in [-0.1, -0.05) is 19.1 Å². The standard InChI is InChI=1S/C15H21FN4O2S/c1-4-12(2)19(3)23(21,22)18-15-9-17-20(11-15)10-13-5-7-14(16)8-6-13/h5-9,11-12,18H,4,10H2,1-3H3. The summed E-state index contributed by atoms with van der Waals surface area (Å²) in [5.74, 6) is -0.296. The molecule has 1 aromatic carbocycles. The second-order valence-corrected chi connectivity index (χ2v) is 7.16. The molecule has 0 saturated heterocycles. The van der Waals surface area contributed by atoms with E-state index in [0.29, 0.717) is 12.2 Å². The average Bonchev–Trinajstić information content (AvgIpc) is 2.94. The van der Waals surface area contributed by atoms with Crippen LogP contribution in [-0.2, 0) is 16.8 Å². The van der Waals surface area contributed by atoms with Crippen LogP contribution in [-0.4, -0.2) is 35.6 Å². The lowest BCUT2D eigenvalue weighted by Crippen LogP contribution is -2.38. The Labute approximate surface area is 136 Å². The van der Waals surface area contributed by atoms with Crippen LogP contribution in [0.25, 0.3) is 0 Å². The minimum absolute atomic E-state index is 0.0956. The number of anilines is 1. The minimum Gasteiger partial charge on any atom is -0.268 e. The van der Waals surface area contributed by atoms with E-state index < -0.39 is 10.2 Å². The normalized spacial score (nSPS) is 13.3. The lowest BCUT2D eigenvalue weighted by atomic mass is 10.2. The third kappa shape index (κ3) is 4.52. The Morgan fingerprint density at radius 3 is 2.61 bits per heavy atom. The summed E-state index contributed by atoms with van der Waals surface area (Å²) in [6, 6.07) is 5.99. The lowest BCUT2D eigenvalue weighted by molar-refractivity contribution is 0.383. The van der Waals surface area contributed by atoms with Gasteiger partial charge in [-0.3, -0.25) is 9.40 Å². The minimum atomic E-state index is -3.61. The van der Waals surface area contributed by atoms with Crippen LogP contribution < -0.4 is 4.72 Å². The van der Waals surface area contributed by atoms with E-state index in [0.717, 1.165) is 12.0 Å². The van der Waals surface area contributed by atoms with E-state index in [1.807, 2.05) is 13.8 Å². The van der Waals surface area contributed by atoms with Crippen LogP contribution >= 0.6 is 0 Å². The van der Waals surface area contributed by atoms with Crippen molar-refractivity contribution in [2.45, 2.75) is 32.9 Å². The quantitative estimate of drug-likeness (QED) is 0.842. The second kappa shape index (κ2) is 7.10. The molecule has 0 amide bonds. The van der Waals surface area contributed by atoms with E-state index in [1.165, 1.54) is 22.6 Å². The number of benzene rings is 1. The third-order valence-electron chi connectivity index (χ3n) is 3.73. The van der Waals surface area contributed by atoms with Gasteiger partial charge in [-0.25, -0.2) is 4.39 Å². The Kier molecular flexibility index (Phi) is 5.38. The second-order valence-electron chi connectivity index (χ2n) is 5.43. The summed E-state index contributed by atoms with van der Waals surface area (Å²) >= 11 is 0. The molecule has 2 rings (SSSR count). The van der Waals surface area contributed by atoms with Gasteiger partial charge in [0, 0.05) is 19.3 Å². The predicted octanol–water partition coefficient (Wildman–Crippen LogP) is 2.46. The van der Waals surface area contributed by atoms with Gasteiger partial charge in [0.05, 0.1) is 18.4 Å². The summed E-state index contributed by atoms with van der Waals surface area (Å²) in [5, 5.41) is 4.12. The van der Waals surface area contributed by atoms with Gasteiger partial charge in [-0.15, -0.1) is 0 Å². The Bertz CT molecular complexity index is 743. The maximum Gasteiger partial charge on any atom is 0.301 e. The fourth-order valence-electron chi connectivity index (χ4n) is 1.99. The fraction of sp³-hybridized carbons (Fsp3) is 0.400. The Morgan fingerprint density at radius 1 is 1.35 bits per heavy atom. The predicted molar refractivity (Wildman–Crippen MR) is 87.8 cm³/mol. The van der Waals surface area contributed by atoms with E-state index in [9.17, 15) is 12.8 Å². The summed E-state index contributed by atoms with van der Waals surface area (Å²) in [4.78, 5) is 0. The highest BCUT2D eigenvalue weighted by molar-refractivity contribution is 7.90. The molecule has 8 heteroatoms. The number of hydrogen-bond acceptors (Lipinski definition) is 3. The summed E-state index contributed by atoms with van der Waals surface area (Å²) in [6.07, 6.45) is 3.78. The number of nitrogens with zero attached hydrogens (tertiary/aromatic N) is 3. The maximum atomic E-state index is 12.9. The first kappa shape index (κ1) is 17.4. The van der Waals surface area contributed by atoms with E-state index >= 15 is 0 Å². The first-order valence-electron chi connectivity index (χ1n) is 7.34. The molecule has 0 bridgehead atoms. The maximum absolute atomic E-state index is 12.9. The number of rotatable bonds is 7. The zero-order valence-electron chi connectivity index (χ0n) is 13.4. The highest BCUT2D eigenvalue weighted by atomic mass is 32.2. The van der Waals surface area contributed by atoms with Gasteiger partial charge in [0.2, 0.25) is 0 Å². The highest BCUT2D eigenvalue weighted by Gasteiger charge is 2.22. The number of halogens is 1. The molecule has 126 valence electrons. The Balaban J connectivity index is 2.06. The fourth-order valence-corrected chi connectivity index (χ4v) is 3.16. The van der Waals surface area contributed by atoms with Crippen LogP contribution in [0.3, 0.4) is 0 Å². The molecule has 6 nitrogen and oxygen atoms in total. The topological polar surface area (TPSA) is 67.2 Å². The van der Waals surface area contributed by atoms with Crippen molar-refractivity contribution in [2.24, 2.45) is 0 Å². The van der Waals surface area contributed by atoms with Crippen molar-refractivity contribution in [1.82, 2.24) is 14.1 Å². The summed E-state index contributed by atoms with van der Waals surface area (Å²) < 4.78 is 42.8. The van der Waals surface area contributed by atoms with Gasteiger partial charge >= 0.3 is 10.2 Å². The van der Waals surface area contributed by atoms with Crippen LogP contribution in [0.5, 0.6) is 0 Å². The number of hydrogen-bond donors (Lipinski definition) is 1. The van der Waals surface area contributed by atoms with Crippen molar-refractivity contribution in [1.29, 1.82) is 0 Å². The molecule has 0 aliphatic carbocycles. The van der Waals surface area contributed by atoms with E-state index in [2.05, 4.69) is 9.82 Å². The monoisotopic (exact) mass is 340 g/mol. The molecule has 1 aromatic heterocycles. The zero-order valence-corrected chi connectivity index (χ0v) is 14.2. The summed E-state index contributed by atoms with van der Waals surface area (Å²) in [5.41, 5.74) is 1.27. The van der Waals surface area contributed by atoms with Crippen molar-refractivity contribution in [3.8, 4) is 0 Å². The Hall–Kier alpha value is -1.93. The van der Waals surface area contributed by atoms with Gasteiger partial charge in [-0.05, 0) is 31.0 Å². The third-order valence-corrected chi connectivity index (χ3v) is 5.34. The average molecular weight is 340 g/mol. The van der Waals surface area contributed by atoms with Crippen LogP contribution in [0.1, 0.15) is 25.8 Å². The van der Waals surface area contributed by atoms with E-state index in [1.54, 1.807) is 30.1 Å². The lowest BCUT2D eigenvalue weighted by Gasteiger charge is -2.23. The molecule has 0 saturated carbocycles. The SMILES string of the molecule is CCC(C)N(C)S(=O)(=O)Nc1cnn(Cc2ccc(F)cc2)c1. The molecule has 1 atom stereocenters. The molecule has 0 aliphatic rings. The molecule has 1 unspecified atom stereocenters. The molecule has 2 aromatic rings. The molecule has 0 radical (unpaired) electrons. The summed E-state index contributed by atoms with van der Waals surface area (Å²) in [7, 11) is -2.07. The highest BCUT2D eigenvalue weighted by Crippen LogP contribution is 2.14. The first-order valence-corrected chi connectivity index (χ1v) is 8.78. The molecule has 0 aliphatic heterocycles. The molecule has 0 fully saturated rings. The van der Waals surface area contributed by atoms with Crippen molar-refractivity contribution >= 4 is 15.9 Å². The van der Waals surface area contributed by atoms with Crippen molar-refractivity contribution < 1.29 is 12.8 Å². The molecular weight excluding hydrogens is 319 g/mol. The first-order chi connectivity index (χ1) is 10.8. The van der Waals surface area contributed by atoms with Gasteiger partial charge in [-0.2, -0.15) is 17.8 Å². The smallest absolute Gasteiger partial charge is 0.268 e. The van der Waals surface area contributed by atoms with Crippen LogP contribution in [0.4, 0.5) is 10.1 Å². The molecule has 1 heterocycles. The van der Waals surface area contributed by atoms with Crippen LogP contribution in [0.2, 0.25) is 0 Å². The summed E-state index contributed by atoms with van der Waals surface area (Å²) in [6.45, 7) is 4.21. The van der Waals surface area contributed by atoms with Crippen molar-refractivity contribution in [3.05, 3.63) is 48.0 Å². The van der Waals surface area contributed by atoms with Crippen molar-refractivity contribution in [2.75, 3.05) is 11.8 Å². The van der Waals surface area contributed by atoms with Gasteiger partial charge < -0.3 is 0 Å². The molecule has 1 N–H and O–H groups in total. The number of nitrogens with one attached hydrogen (secondary N) is 1. The van der Waals surface area contributed by atoms with E-state index in [4.69, 9.17) is 0 Å². The molecule has 23 heavy (non-hydrogen) atoms.